The number of ether oxygens (including phenoxy) is 1. The van der Waals surface area contributed by atoms with E-state index >= 15 is 0 Å². The summed E-state index contributed by atoms with van der Waals surface area (Å²) >= 11 is 0. The van der Waals surface area contributed by atoms with Gasteiger partial charge in [0.25, 0.3) is 0 Å². The molecule has 32 heavy (non-hydrogen) atoms. The molecule has 1 atom stereocenters. The van der Waals surface area contributed by atoms with Crippen LogP contribution < -0.4 is 15.5 Å². The van der Waals surface area contributed by atoms with Crippen LogP contribution >= 0.6 is 0 Å². The van der Waals surface area contributed by atoms with Gasteiger partial charge in [0.2, 0.25) is 11.8 Å². The number of carbonyl (C=O) groups is 3. The summed E-state index contributed by atoms with van der Waals surface area (Å²) in [5.41, 5.74) is 3.00. The molecule has 1 heterocycles. The minimum Gasteiger partial charge on any atom is -0.378 e. The van der Waals surface area contributed by atoms with E-state index in [2.05, 4.69) is 15.5 Å². The first-order chi connectivity index (χ1) is 15.3. The lowest BCUT2D eigenvalue weighted by Crippen LogP contribution is -2.43. The Balaban J connectivity index is 1.48. The van der Waals surface area contributed by atoms with Crippen molar-refractivity contribution in [3.63, 3.8) is 0 Å². The number of benzene rings is 2. The number of Topliss-reactive ketones (excluding diaryl/α,β-unsaturated/α-hetero) is 1. The molecule has 1 saturated heterocycles. The van der Waals surface area contributed by atoms with E-state index in [1.807, 2.05) is 24.3 Å². The molecular weight excluding hydrogens is 408 g/mol. The Morgan fingerprint density at radius 2 is 1.53 bits per heavy atom. The molecular formula is C24H30N4O4. The Hall–Kier alpha value is -3.23. The van der Waals surface area contributed by atoms with Gasteiger partial charge in [-0.1, -0.05) is 0 Å². The molecule has 1 aliphatic rings. The Kier molecular flexibility index (Phi) is 7.97. The average Bonchev–Trinajstić information content (AvgIpc) is 2.79. The third-order valence-corrected chi connectivity index (χ3v) is 5.52. The molecule has 2 N–H and O–H groups in total. The van der Waals surface area contributed by atoms with Gasteiger partial charge < -0.3 is 20.3 Å². The maximum Gasteiger partial charge on any atom is 0.241 e. The standard InChI is InChI=1S/C24H30N4O4/c1-17(24(31)26-21-6-4-19(5-7-21)18(2)29)27(3)16-23(30)25-20-8-10-22(11-9-20)28-12-14-32-15-13-28/h4-11,17H,12-16H2,1-3H3,(H,25,30)(H,26,31)/t17-/m1/s1. The van der Waals surface area contributed by atoms with E-state index in [4.69, 9.17) is 4.74 Å². The van der Waals surface area contributed by atoms with Gasteiger partial charge in [-0.25, -0.2) is 0 Å². The number of likely N-dealkylation sites (N-methyl/N-ethyl adjacent to an activating group) is 1. The number of carbonyl (C=O) groups excluding carboxylic acids is 3. The van der Waals surface area contributed by atoms with Gasteiger partial charge in [-0.2, -0.15) is 0 Å². The highest BCUT2D eigenvalue weighted by molar-refractivity contribution is 5.97. The zero-order valence-corrected chi connectivity index (χ0v) is 18.8. The third-order valence-electron chi connectivity index (χ3n) is 5.52. The number of hydrogen-bond donors (Lipinski definition) is 2. The Bertz CT molecular complexity index is 937. The normalized spacial score (nSPS) is 14.7. The summed E-state index contributed by atoms with van der Waals surface area (Å²) < 4.78 is 5.37. The summed E-state index contributed by atoms with van der Waals surface area (Å²) in [6.45, 7) is 6.47. The summed E-state index contributed by atoms with van der Waals surface area (Å²) in [5, 5.41) is 5.69. The smallest absolute Gasteiger partial charge is 0.241 e. The summed E-state index contributed by atoms with van der Waals surface area (Å²) in [5.74, 6) is -0.458. The van der Waals surface area contributed by atoms with Crippen molar-refractivity contribution >= 4 is 34.7 Å². The topological polar surface area (TPSA) is 91.0 Å². The molecule has 0 aromatic heterocycles. The van der Waals surface area contributed by atoms with Crippen LogP contribution in [0, 0.1) is 0 Å². The van der Waals surface area contributed by atoms with Crippen molar-refractivity contribution in [2.45, 2.75) is 19.9 Å². The highest BCUT2D eigenvalue weighted by atomic mass is 16.5. The van der Waals surface area contributed by atoms with Crippen LogP contribution in [0.3, 0.4) is 0 Å². The summed E-state index contributed by atoms with van der Waals surface area (Å²) in [6.07, 6.45) is 0. The predicted molar refractivity (Wildman–Crippen MR) is 125 cm³/mol. The lowest BCUT2D eigenvalue weighted by atomic mass is 10.1. The number of hydrogen-bond acceptors (Lipinski definition) is 6. The van der Waals surface area contributed by atoms with Gasteiger partial charge in [0.15, 0.2) is 5.78 Å². The van der Waals surface area contributed by atoms with Crippen molar-refractivity contribution in [3.05, 3.63) is 54.1 Å². The molecule has 2 amide bonds. The number of morpholine rings is 1. The van der Waals surface area contributed by atoms with Crippen LogP contribution in [-0.2, 0) is 14.3 Å². The minimum atomic E-state index is -0.517. The first-order valence-electron chi connectivity index (χ1n) is 10.7. The second-order valence-corrected chi connectivity index (χ2v) is 7.91. The fourth-order valence-corrected chi connectivity index (χ4v) is 3.38. The van der Waals surface area contributed by atoms with E-state index < -0.39 is 6.04 Å². The van der Waals surface area contributed by atoms with E-state index in [-0.39, 0.29) is 24.1 Å². The van der Waals surface area contributed by atoms with Gasteiger partial charge in [-0.05, 0) is 69.4 Å². The molecule has 8 heteroatoms. The molecule has 0 aliphatic carbocycles. The highest BCUT2D eigenvalue weighted by Crippen LogP contribution is 2.19. The number of amides is 2. The predicted octanol–water partition coefficient (Wildman–Crippen LogP) is 2.62. The zero-order chi connectivity index (χ0) is 23.1. The molecule has 1 aliphatic heterocycles. The SMILES string of the molecule is CC(=O)c1ccc(NC(=O)[C@@H](C)N(C)CC(=O)Nc2ccc(N3CCOCC3)cc2)cc1. The van der Waals surface area contributed by atoms with E-state index in [1.54, 1.807) is 43.1 Å². The fraction of sp³-hybridized carbons (Fsp3) is 0.375. The van der Waals surface area contributed by atoms with E-state index in [0.717, 1.165) is 32.0 Å². The molecule has 170 valence electrons. The van der Waals surface area contributed by atoms with E-state index in [9.17, 15) is 14.4 Å². The van der Waals surface area contributed by atoms with E-state index in [1.165, 1.54) is 6.92 Å². The van der Waals surface area contributed by atoms with Gasteiger partial charge in [0, 0.05) is 35.7 Å². The van der Waals surface area contributed by atoms with Gasteiger partial charge in [-0.3, -0.25) is 19.3 Å². The first-order valence-corrected chi connectivity index (χ1v) is 10.7. The van der Waals surface area contributed by atoms with Gasteiger partial charge in [0.1, 0.15) is 0 Å². The van der Waals surface area contributed by atoms with Crippen LogP contribution in [0.25, 0.3) is 0 Å². The van der Waals surface area contributed by atoms with Crippen LogP contribution in [0.5, 0.6) is 0 Å². The van der Waals surface area contributed by atoms with Crippen LogP contribution in [-0.4, -0.2) is 68.4 Å². The summed E-state index contributed by atoms with van der Waals surface area (Å²) in [4.78, 5) is 40.3. The van der Waals surface area contributed by atoms with Gasteiger partial charge in [0.05, 0.1) is 25.8 Å². The quantitative estimate of drug-likeness (QED) is 0.616. The number of nitrogens with one attached hydrogen (secondary N) is 2. The Morgan fingerprint density at radius 3 is 2.12 bits per heavy atom. The van der Waals surface area contributed by atoms with Crippen molar-refractivity contribution in [3.8, 4) is 0 Å². The maximum atomic E-state index is 12.5. The van der Waals surface area contributed by atoms with Crippen molar-refractivity contribution in [1.29, 1.82) is 0 Å². The number of anilines is 3. The lowest BCUT2D eigenvalue weighted by molar-refractivity contribution is -0.122. The molecule has 0 saturated carbocycles. The van der Waals surface area contributed by atoms with Crippen molar-refractivity contribution in [2.75, 3.05) is 55.4 Å². The Labute approximate surface area is 188 Å². The van der Waals surface area contributed by atoms with E-state index in [0.29, 0.717) is 16.9 Å². The molecule has 0 spiro atoms. The van der Waals surface area contributed by atoms with Crippen LogP contribution in [0.4, 0.5) is 17.1 Å². The second-order valence-electron chi connectivity index (χ2n) is 7.91. The van der Waals surface area contributed by atoms with Crippen LogP contribution in [0.15, 0.2) is 48.5 Å². The molecule has 0 unspecified atom stereocenters. The largest absolute Gasteiger partial charge is 0.378 e. The summed E-state index contributed by atoms with van der Waals surface area (Å²) in [6, 6.07) is 13.9. The molecule has 0 bridgehead atoms. The second kappa shape index (κ2) is 10.9. The number of ketones is 1. The number of nitrogens with zero attached hydrogens (tertiary/aromatic N) is 2. The average molecular weight is 439 g/mol. The van der Waals surface area contributed by atoms with Crippen molar-refractivity contribution in [1.82, 2.24) is 4.90 Å². The molecule has 8 nitrogen and oxygen atoms in total. The van der Waals surface area contributed by atoms with Crippen molar-refractivity contribution < 1.29 is 19.1 Å². The molecule has 0 radical (unpaired) electrons. The first kappa shape index (κ1) is 23.4. The minimum absolute atomic E-state index is 0.0299. The molecule has 2 aromatic rings. The summed E-state index contributed by atoms with van der Waals surface area (Å²) in [7, 11) is 1.73. The molecule has 3 rings (SSSR count). The fourth-order valence-electron chi connectivity index (χ4n) is 3.38. The molecule has 2 aromatic carbocycles. The van der Waals surface area contributed by atoms with Gasteiger partial charge in [-0.15, -0.1) is 0 Å². The van der Waals surface area contributed by atoms with Crippen LogP contribution in [0.1, 0.15) is 24.2 Å². The molecule has 1 fully saturated rings. The highest BCUT2D eigenvalue weighted by Gasteiger charge is 2.20. The van der Waals surface area contributed by atoms with Crippen molar-refractivity contribution in [2.24, 2.45) is 0 Å². The lowest BCUT2D eigenvalue weighted by Gasteiger charge is -2.29. The van der Waals surface area contributed by atoms with Crippen LogP contribution in [0.2, 0.25) is 0 Å². The Morgan fingerprint density at radius 1 is 0.969 bits per heavy atom. The maximum absolute atomic E-state index is 12.5. The van der Waals surface area contributed by atoms with Gasteiger partial charge >= 0.3 is 0 Å². The monoisotopic (exact) mass is 438 g/mol. The zero-order valence-electron chi connectivity index (χ0n) is 18.8. The third kappa shape index (κ3) is 6.38. The number of rotatable bonds is 8.